The van der Waals surface area contributed by atoms with E-state index in [9.17, 15) is 9.18 Å². The molecule has 0 saturated carbocycles. The van der Waals surface area contributed by atoms with Crippen LogP contribution in [0, 0.1) is 11.2 Å². The van der Waals surface area contributed by atoms with Crippen molar-refractivity contribution in [3.8, 4) is 0 Å². The molecule has 1 aliphatic carbocycles. The lowest BCUT2D eigenvalue weighted by atomic mass is 9.68. The summed E-state index contributed by atoms with van der Waals surface area (Å²) in [6.07, 6.45) is 3.72. The summed E-state index contributed by atoms with van der Waals surface area (Å²) >= 11 is 0. The first kappa shape index (κ1) is 17.7. The van der Waals surface area contributed by atoms with Crippen molar-refractivity contribution in [2.75, 3.05) is 7.11 Å². The van der Waals surface area contributed by atoms with Crippen molar-refractivity contribution in [3.63, 3.8) is 0 Å². The quantitative estimate of drug-likeness (QED) is 0.800. The van der Waals surface area contributed by atoms with E-state index in [1.54, 1.807) is 12.1 Å². The zero-order valence-corrected chi connectivity index (χ0v) is 15.4. The van der Waals surface area contributed by atoms with Crippen LogP contribution in [0.3, 0.4) is 0 Å². The van der Waals surface area contributed by atoms with Crippen LogP contribution in [0.2, 0.25) is 0 Å². The van der Waals surface area contributed by atoms with Crippen molar-refractivity contribution in [2.45, 2.75) is 52.4 Å². The number of hydrogen-bond donors (Lipinski definition) is 1. The Balaban J connectivity index is 2.17. The topological polar surface area (TPSA) is 38.3 Å². The summed E-state index contributed by atoms with van der Waals surface area (Å²) in [5.74, 6) is -0.748. The molecular weight excluding hydrogens is 317 g/mol. The van der Waals surface area contributed by atoms with Gasteiger partial charge in [-0.25, -0.2) is 9.18 Å². The second kappa shape index (κ2) is 6.66. The normalized spacial score (nSPS) is 22.4. The van der Waals surface area contributed by atoms with Crippen LogP contribution in [0.4, 0.5) is 4.39 Å². The number of esters is 1. The number of hydrogen-bond acceptors (Lipinski definition) is 3. The highest BCUT2D eigenvalue weighted by Crippen LogP contribution is 2.49. The average molecular weight is 343 g/mol. The lowest BCUT2D eigenvalue weighted by molar-refractivity contribution is -0.136. The van der Waals surface area contributed by atoms with Crippen LogP contribution in [-0.4, -0.2) is 13.1 Å². The Morgan fingerprint density at radius 1 is 1.32 bits per heavy atom. The maximum atomic E-state index is 13.4. The fraction of sp³-hybridized carbons (Fsp3) is 0.476. The van der Waals surface area contributed by atoms with Gasteiger partial charge >= 0.3 is 5.97 Å². The molecule has 0 radical (unpaired) electrons. The molecule has 1 aliphatic heterocycles. The van der Waals surface area contributed by atoms with Gasteiger partial charge in [0.05, 0.1) is 12.7 Å². The molecule has 0 saturated heterocycles. The number of carbonyl (C=O) groups excluding carboxylic acids is 1. The van der Waals surface area contributed by atoms with Gasteiger partial charge in [0, 0.05) is 17.3 Å². The average Bonchev–Trinajstić information content (AvgIpc) is 2.59. The molecule has 0 amide bonds. The number of carbonyl (C=O) groups is 1. The largest absolute Gasteiger partial charge is 0.466 e. The van der Waals surface area contributed by atoms with Gasteiger partial charge in [-0.1, -0.05) is 32.9 Å². The van der Waals surface area contributed by atoms with E-state index in [0.29, 0.717) is 5.57 Å². The molecule has 1 heterocycles. The number of halogens is 1. The molecule has 1 aromatic carbocycles. The summed E-state index contributed by atoms with van der Waals surface area (Å²) in [6, 6.07) is 6.50. The van der Waals surface area contributed by atoms with E-state index in [2.05, 4.69) is 19.2 Å². The van der Waals surface area contributed by atoms with Gasteiger partial charge in [0.1, 0.15) is 5.82 Å². The fourth-order valence-corrected chi connectivity index (χ4v) is 4.00. The monoisotopic (exact) mass is 343 g/mol. The van der Waals surface area contributed by atoms with Gasteiger partial charge in [0.25, 0.3) is 0 Å². The van der Waals surface area contributed by atoms with Gasteiger partial charge in [-0.05, 0) is 54.4 Å². The second-order valence-corrected chi connectivity index (χ2v) is 7.69. The van der Waals surface area contributed by atoms with Crippen LogP contribution in [0.1, 0.15) is 57.9 Å². The smallest absolute Gasteiger partial charge is 0.336 e. The Labute approximate surface area is 149 Å². The first-order chi connectivity index (χ1) is 11.9. The number of rotatable bonds is 3. The minimum absolute atomic E-state index is 0.168. The summed E-state index contributed by atoms with van der Waals surface area (Å²) in [7, 11) is 1.42. The van der Waals surface area contributed by atoms with Gasteiger partial charge < -0.3 is 10.1 Å². The Kier molecular flexibility index (Phi) is 4.72. The molecule has 4 heteroatoms. The van der Waals surface area contributed by atoms with Crippen LogP contribution >= 0.6 is 0 Å². The number of ether oxygens (including phenoxy) is 1. The van der Waals surface area contributed by atoms with E-state index in [0.717, 1.165) is 36.9 Å². The predicted molar refractivity (Wildman–Crippen MR) is 96.3 cm³/mol. The zero-order valence-electron chi connectivity index (χ0n) is 15.4. The van der Waals surface area contributed by atoms with Crippen molar-refractivity contribution in [1.29, 1.82) is 0 Å². The summed E-state index contributed by atoms with van der Waals surface area (Å²) < 4.78 is 18.5. The highest BCUT2D eigenvalue weighted by Gasteiger charge is 2.39. The van der Waals surface area contributed by atoms with Crippen LogP contribution < -0.4 is 5.32 Å². The lowest BCUT2D eigenvalue weighted by Gasteiger charge is -2.41. The van der Waals surface area contributed by atoms with Gasteiger partial charge in [-0.2, -0.15) is 0 Å². The van der Waals surface area contributed by atoms with Crippen LogP contribution in [0.15, 0.2) is 46.8 Å². The van der Waals surface area contributed by atoms with Crippen molar-refractivity contribution in [1.82, 2.24) is 5.32 Å². The summed E-state index contributed by atoms with van der Waals surface area (Å²) in [6.45, 7) is 6.55. The van der Waals surface area contributed by atoms with E-state index < -0.39 is 0 Å². The number of nitrogens with one attached hydrogen (secondary N) is 1. The summed E-state index contributed by atoms with van der Waals surface area (Å²) in [5.41, 5.74) is 5.16. The molecule has 1 aromatic rings. The number of allylic oxidation sites excluding steroid dienone is 3. The summed E-state index contributed by atoms with van der Waals surface area (Å²) in [4.78, 5) is 12.6. The van der Waals surface area contributed by atoms with Gasteiger partial charge in [-0.3, -0.25) is 0 Å². The SMILES string of the molecule is CCC1=C(C(=O)OC)C(c2ccc(F)cc2)C2=C(CCC(C)(C)C2)N1. The van der Waals surface area contributed by atoms with Gasteiger partial charge in [0.2, 0.25) is 0 Å². The fourth-order valence-electron chi connectivity index (χ4n) is 4.00. The third-order valence-corrected chi connectivity index (χ3v) is 5.33. The molecule has 1 unspecified atom stereocenters. The Morgan fingerprint density at radius 2 is 2.00 bits per heavy atom. The third kappa shape index (κ3) is 3.35. The molecule has 134 valence electrons. The van der Waals surface area contributed by atoms with Crippen molar-refractivity contribution in [2.24, 2.45) is 5.41 Å². The Hall–Kier alpha value is -2.10. The van der Waals surface area contributed by atoms with Crippen LogP contribution in [0.25, 0.3) is 0 Å². The first-order valence-corrected chi connectivity index (χ1v) is 8.92. The third-order valence-electron chi connectivity index (χ3n) is 5.33. The molecule has 0 aromatic heterocycles. The molecule has 0 bridgehead atoms. The van der Waals surface area contributed by atoms with E-state index in [-0.39, 0.29) is 23.1 Å². The zero-order chi connectivity index (χ0) is 18.2. The molecule has 1 N–H and O–H groups in total. The minimum atomic E-state index is -0.311. The molecular formula is C21H26FNO2. The van der Waals surface area contributed by atoms with Crippen molar-refractivity contribution in [3.05, 3.63) is 58.2 Å². The molecule has 0 spiro atoms. The van der Waals surface area contributed by atoms with E-state index in [4.69, 9.17) is 4.74 Å². The Morgan fingerprint density at radius 3 is 2.60 bits per heavy atom. The van der Waals surface area contributed by atoms with Gasteiger partial charge in [-0.15, -0.1) is 0 Å². The highest BCUT2D eigenvalue weighted by molar-refractivity contribution is 5.92. The maximum Gasteiger partial charge on any atom is 0.336 e. The van der Waals surface area contributed by atoms with Crippen LogP contribution in [0.5, 0.6) is 0 Å². The maximum absolute atomic E-state index is 13.4. The second-order valence-electron chi connectivity index (χ2n) is 7.69. The minimum Gasteiger partial charge on any atom is -0.466 e. The first-order valence-electron chi connectivity index (χ1n) is 8.92. The van der Waals surface area contributed by atoms with E-state index >= 15 is 0 Å². The molecule has 1 atom stereocenters. The molecule has 2 aliphatic rings. The molecule has 3 nitrogen and oxygen atoms in total. The predicted octanol–water partition coefficient (Wildman–Crippen LogP) is 4.81. The highest BCUT2D eigenvalue weighted by atomic mass is 19.1. The van der Waals surface area contributed by atoms with Crippen molar-refractivity contribution >= 4 is 5.97 Å². The lowest BCUT2D eigenvalue weighted by Crippen LogP contribution is -2.35. The number of dihydropyridines is 1. The number of benzene rings is 1. The standard InChI is InChI=1S/C21H26FNO2/c1-5-16-19(20(24)25-4)18(13-6-8-14(22)9-7-13)15-12-21(2,3)11-10-17(15)23-16/h6-9,18,23H,5,10-12H2,1-4H3. The van der Waals surface area contributed by atoms with Gasteiger partial charge in [0.15, 0.2) is 0 Å². The summed E-state index contributed by atoms with van der Waals surface area (Å²) in [5, 5.41) is 3.50. The molecule has 3 rings (SSSR count). The number of methoxy groups -OCH3 is 1. The van der Waals surface area contributed by atoms with Crippen LogP contribution in [-0.2, 0) is 9.53 Å². The van der Waals surface area contributed by atoms with Crippen molar-refractivity contribution < 1.29 is 13.9 Å². The Bertz CT molecular complexity index is 744. The van der Waals surface area contributed by atoms with E-state index in [1.165, 1.54) is 30.5 Å². The van der Waals surface area contributed by atoms with E-state index in [1.807, 2.05) is 6.92 Å². The molecule has 0 fully saturated rings. The molecule has 25 heavy (non-hydrogen) atoms.